The molecule has 2 aromatic carbocycles. The molecule has 0 aliphatic carbocycles. The minimum absolute atomic E-state index is 0.149. The third kappa shape index (κ3) is 4.54. The number of piperazine rings is 1. The Morgan fingerprint density at radius 1 is 1.00 bits per heavy atom. The average molecular weight is 442 g/mol. The molecule has 1 aromatic heterocycles. The van der Waals surface area contributed by atoms with E-state index < -0.39 is 0 Å². The van der Waals surface area contributed by atoms with E-state index in [1.165, 1.54) is 0 Å². The second-order valence-corrected chi connectivity index (χ2v) is 8.24. The summed E-state index contributed by atoms with van der Waals surface area (Å²) in [4.78, 5) is 21.7. The van der Waals surface area contributed by atoms with Gasteiger partial charge in [0.1, 0.15) is 27.5 Å². The van der Waals surface area contributed by atoms with E-state index >= 15 is 0 Å². The lowest BCUT2D eigenvalue weighted by atomic mass is 10.1. The fourth-order valence-electron chi connectivity index (χ4n) is 3.71. The Labute approximate surface area is 186 Å². The Balaban J connectivity index is 1.39. The number of carbonyl (C=O) groups excluding carboxylic acids is 1. The highest BCUT2D eigenvalue weighted by molar-refractivity contribution is 7.22. The van der Waals surface area contributed by atoms with Gasteiger partial charge in [-0.3, -0.25) is 4.79 Å². The van der Waals surface area contributed by atoms with Crippen molar-refractivity contribution in [2.45, 2.75) is 13.3 Å². The number of thiazole rings is 1. The van der Waals surface area contributed by atoms with Crippen LogP contribution < -0.4 is 19.1 Å². The number of hydrogen-bond acceptors (Lipinski definition) is 7. The number of anilines is 1. The van der Waals surface area contributed by atoms with Gasteiger partial charge < -0.3 is 24.0 Å². The second kappa shape index (κ2) is 9.43. The summed E-state index contributed by atoms with van der Waals surface area (Å²) in [6.07, 6.45) is 0.405. The summed E-state index contributed by atoms with van der Waals surface area (Å²) in [6, 6.07) is 11.5. The van der Waals surface area contributed by atoms with Gasteiger partial charge in [-0.15, -0.1) is 0 Å². The molecule has 0 saturated carbocycles. The molecule has 4 rings (SSSR count). The lowest BCUT2D eigenvalue weighted by Gasteiger charge is -2.34. The van der Waals surface area contributed by atoms with Crippen LogP contribution in [0.3, 0.4) is 0 Å². The van der Waals surface area contributed by atoms with Gasteiger partial charge in [0.05, 0.1) is 27.2 Å². The largest absolute Gasteiger partial charge is 0.495 e. The topological polar surface area (TPSA) is 64.1 Å². The van der Waals surface area contributed by atoms with E-state index in [-0.39, 0.29) is 5.91 Å². The lowest BCUT2D eigenvalue weighted by molar-refractivity contribution is -0.130. The van der Waals surface area contributed by atoms with Gasteiger partial charge in [0.25, 0.3) is 0 Å². The summed E-state index contributed by atoms with van der Waals surface area (Å²) in [5.41, 5.74) is 1.82. The molecule has 3 aromatic rings. The third-order valence-electron chi connectivity index (χ3n) is 5.39. The number of ether oxygens (including phenoxy) is 3. The van der Waals surface area contributed by atoms with Gasteiger partial charge in [0.15, 0.2) is 5.13 Å². The van der Waals surface area contributed by atoms with E-state index in [0.717, 1.165) is 51.2 Å². The van der Waals surface area contributed by atoms with Crippen molar-refractivity contribution in [1.29, 1.82) is 0 Å². The van der Waals surface area contributed by atoms with Gasteiger partial charge in [-0.1, -0.05) is 23.5 Å². The van der Waals surface area contributed by atoms with Crippen molar-refractivity contribution in [3.8, 4) is 17.2 Å². The Hall–Kier alpha value is -3.00. The van der Waals surface area contributed by atoms with Crippen molar-refractivity contribution in [3.63, 3.8) is 0 Å². The monoisotopic (exact) mass is 441 g/mol. The van der Waals surface area contributed by atoms with E-state index in [1.54, 1.807) is 25.6 Å². The highest BCUT2D eigenvalue weighted by Crippen LogP contribution is 2.40. The van der Waals surface area contributed by atoms with Gasteiger partial charge >= 0.3 is 0 Å². The molecule has 1 fully saturated rings. The molecule has 1 aliphatic rings. The van der Waals surface area contributed by atoms with Gasteiger partial charge in [-0.25, -0.2) is 4.98 Å². The van der Waals surface area contributed by atoms with Crippen molar-refractivity contribution in [2.75, 3.05) is 51.9 Å². The number of fused-ring (bicyclic) bond motifs is 1. The van der Waals surface area contributed by atoms with Crippen LogP contribution in [0.15, 0.2) is 36.4 Å². The summed E-state index contributed by atoms with van der Waals surface area (Å²) in [6.45, 7) is 5.45. The zero-order valence-corrected chi connectivity index (χ0v) is 18.9. The summed E-state index contributed by atoms with van der Waals surface area (Å²) in [5.74, 6) is 2.51. The van der Waals surface area contributed by atoms with E-state index in [2.05, 4.69) is 4.90 Å². The average Bonchev–Trinajstić information content (AvgIpc) is 3.25. The van der Waals surface area contributed by atoms with E-state index in [4.69, 9.17) is 19.2 Å². The first kappa shape index (κ1) is 21.2. The number of hydrogen-bond donors (Lipinski definition) is 0. The number of nitrogens with zero attached hydrogens (tertiary/aromatic N) is 3. The SMILES string of the molecule is CCOc1ccc(CC(=O)N2CCN(c3nc4c(OC)ccc(OC)c4s3)CC2)cc1. The first-order chi connectivity index (χ1) is 15.1. The molecule has 0 spiro atoms. The molecule has 0 radical (unpaired) electrons. The van der Waals surface area contributed by atoms with Crippen LogP contribution in [-0.4, -0.2) is 62.8 Å². The van der Waals surface area contributed by atoms with Crippen LogP contribution in [-0.2, 0) is 11.2 Å². The molecule has 0 unspecified atom stereocenters. The van der Waals surface area contributed by atoms with Crippen molar-refractivity contribution >= 4 is 32.6 Å². The number of rotatable bonds is 7. The van der Waals surface area contributed by atoms with E-state index in [9.17, 15) is 4.79 Å². The van der Waals surface area contributed by atoms with Crippen LogP contribution in [0.1, 0.15) is 12.5 Å². The maximum atomic E-state index is 12.8. The van der Waals surface area contributed by atoms with E-state index in [1.807, 2.05) is 48.2 Å². The smallest absolute Gasteiger partial charge is 0.227 e. The zero-order valence-electron chi connectivity index (χ0n) is 18.1. The number of benzene rings is 2. The summed E-state index contributed by atoms with van der Waals surface area (Å²) < 4.78 is 17.4. The molecule has 7 nitrogen and oxygen atoms in total. The first-order valence-electron chi connectivity index (χ1n) is 10.4. The predicted octanol–water partition coefficient (Wildman–Crippen LogP) is 3.60. The molecule has 0 bridgehead atoms. The quantitative estimate of drug-likeness (QED) is 0.558. The Kier molecular flexibility index (Phi) is 6.46. The number of carbonyl (C=O) groups is 1. The molecule has 1 amide bonds. The van der Waals surface area contributed by atoms with Gasteiger partial charge in [-0.2, -0.15) is 0 Å². The molecular weight excluding hydrogens is 414 g/mol. The summed E-state index contributed by atoms with van der Waals surface area (Å²) in [5, 5.41) is 0.927. The van der Waals surface area contributed by atoms with Crippen LogP contribution in [0.2, 0.25) is 0 Å². The minimum atomic E-state index is 0.149. The molecule has 31 heavy (non-hydrogen) atoms. The molecule has 1 aliphatic heterocycles. The first-order valence-corrected chi connectivity index (χ1v) is 11.2. The van der Waals surface area contributed by atoms with Crippen molar-refractivity contribution in [1.82, 2.24) is 9.88 Å². The molecule has 164 valence electrons. The third-order valence-corrected chi connectivity index (χ3v) is 6.52. The lowest BCUT2D eigenvalue weighted by Crippen LogP contribution is -2.49. The number of aromatic nitrogens is 1. The van der Waals surface area contributed by atoms with Gasteiger partial charge in [-0.05, 0) is 36.8 Å². The molecule has 1 saturated heterocycles. The normalized spacial score (nSPS) is 14.0. The predicted molar refractivity (Wildman–Crippen MR) is 123 cm³/mol. The number of methoxy groups -OCH3 is 2. The second-order valence-electron chi connectivity index (χ2n) is 7.27. The Morgan fingerprint density at radius 2 is 1.68 bits per heavy atom. The van der Waals surface area contributed by atoms with Crippen LogP contribution >= 0.6 is 11.3 Å². The molecule has 0 N–H and O–H groups in total. The summed E-state index contributed by atoms with van der Waals surface area (Å²) >= 11 is 1.60. The summed E-state index contributed by atoms with van der Waals surface area (Å²) in [7, 11) is 3.31. The fourth-order valence-corrected chi connectivity index (χ4v) is 4.84. The standard InChI is InChI=1S/C23H27N3O4S/c1-4-30-17-7-5-16(6-8-17)15-20(27)25-11-13-26(14-12-25)23-24-21-18(28-2)9-10-19(29-3)22(21)31-23/h5-10H,4,11-15H2,1-3H3. The zero-order chi connectivity index (χ0) is 21.8. The fraction of sp³-hybridized carbons (Fsp3) is 0.391. The Morgan fingerprint density at radius 3 is 2.32 bits per heavy atom. The maximum Gasteiger partial charge on any atom is 0.227 e. The van der Waals surface area contributed by atoms with Crippen molar-refractivity contribution < 1.29 is 19.0 Å². The van der Waals surface area contributed by atoms with Gasteiger partial charge in [0.2, 0.25) is 5.91 Å². The van der Waals surface area contributed by atoms with Crippen LogP contribution in [0.4, 0.5) is 5.13 Å². The van der Waals surface area contributed by atoms with Crippen LogP contribution in [0.25, 0.3) is 10.2 Å². The van der Waals surface area contributed by atoms with Gasteiger partial charge in [0, 0.05) is 26.2 Å². The van der Waals surface area contributed by atoms with E-state index in [0.29, 0.717) is 26.1 Å². The van der Waals surface area contributed by atoms with Crippen molar-refractivity contribution in [3.05, 3.63) is 42.0 Å². The molecule has 8 heteroatoms. The Bertz CT molecular complexity index is 1000. The molecule has 0 atom stereocenters. The molecular formula is C23H27N3O4S. The van der Waals surface area contributed by atoms with Crippen molar-refractivity contribution in [2.24, 2.45) is 0 Å². The molecule has 2 heterocycles. The highest BCUT2D eigenvalue weighted by atomic mass is 32.1. The number of amides is 1. The minimum Gasteiger partial charge on any atom is -0.495 e. The maximum absolute atomic E-state index is 12.8. The van der Waals surface area contributed by atoms with Crippen LogP contribution in [0.5, 0.6) is 17.2 Å². The highest BCUT2D eigenvalue weighted by Gasteiger charge is 2.24. The van der Waals surface area contributed by atoms with Crippen LogP contribution in [0, 0.1) is 0 Å².